The molecule has 1 aliphatic carbocycles. The molecule has 1 unspecified atom stereocenters. The highest BCUT2D eigenvalue weighted by molar-refractivity contribution is 7.16. The second-order valence-corrected chi connectivity index (χ2v) is 9.22. The normalized spacial score (nSPS) is 20.3. The van der Waals surface area contributed by atoms with Gasteiger partial charge in [0.25, 0.3) is 0 Å². The zero-order valence-corrected chi connectivity index (χ0v) is 16.4. The molecule has 0 saturated carbocycles. The summed E-state index contributed by atoms with van der Waals surface area (Å²) in [5, 5.41) is 4.16. The van der Waals surface area contributed by atoms with Crippen molar-refractivity contribution >= 4 is 38.8 Å². The number of thiophene rings is 1. The summed E-state index contributed by atoms with van der Waals surface area (Å²) in [5.74, 6) is -0.0381. The van der Waals surface area contributed by atoms with Crippen molar-refractivity contribution in [2.45, 2.75) is 32.6 Å². The minimum atomic E-state index is -0.212. The Morgan fingerprint density at radius 2 is 2.00 bits per heavy atom. The van der Waals surface area contributed by atoms with Crippen molar-refractivity contribution in [2.75, 3.05) is 5.32 Å². The first kappa shape index (κ1) is 17.1. The molecule has 1 atom stereocenters. The van der Waals surface area contributed by atoms with Gasteiger partial charge in [-0.2, -0.15) is 11.3 Å². The molecule has 0 fully saturated rings. The first-order valence-corrected chi connectivity index (χ1v) is 10.0. The summed E-state index contributed by atoms with van der Waals surface area (Å²) in [4.78, 5) is 26.9. The number of Topliss-reactive ketones (excluding diaryl/α,β-unsaturated/α-hetero) is 1. The Bertz CT molecular complexity index is 1210. The van der Waals surface area contributed by atoms with Gasteiger partial charge in [0.05, 0.1) is 23.5 Å². The predicted octanol–water partition coefficient (Wildman–Crippen LogP) is 5.44. The summed E-state index contributed by atoms with van der Waals surface area (Å²) in [6.45, 7) is 11.6. The maximum Gasteiger partial charge on any atom is 0.241 e. The van der Waals surface area contributed by atoms with Gasteiger partial charge < -0.3 is 5.32 Å². The third kappa shape index (κ3) is 2.54. The number of benzene rings is 1. The molecule has 5 nitrogen and oxygen atoms in total. The first-order chi connectivity index (χ1) is 13.5. The molecule has 0 bridgehead atoms. The van der Waals surface area contributed by atoms with Crippen molar-refractivity contribution in [3.05, 3.63) is 69.8 Å². The van der Waals surface area contributed by atoms with Gasteiger partial charge in [-0.3, -0.25) is 14.8 Å². The Labute approximate surface area is 167 Å². The van der Waals surface area contributed by atoms with E-state index in [1.165, 1.54) is 11.3 Å². The zero-order chi connectivity index (χ0) is 19.5. The molecule has 0 saturated heterocycles. The summed E-state index contributed by atoms with van der Waals surface area (Å²) in [6, 6.07) is 7.80. The Morgan fingerprint density at radius 1 is 1.18 bits per heavy atom. The highest BCUT2D eigenvalue weighted by Gasteiger charge is 2.41. The third-order valence-electron chi connectivity index (χ3n) is 5.47. The summed E-state index contributed by atoms with van der Waals surface area (Å²) in [6.07, 6.45) is 4.72. The number of aromatic nitrogens is 2. The van der Waals surface area contributed by atoms with Crippen LogP contribution in [0.1, 0.15) is 43.0 Å². The molecule has 1 aromatic carbocycles. The monoisotopic (exact) mass is 386 g/mol. The first-order valence-electron chi connectivity index (χ1n) is 9.21. The molecule has 5 rings (SSSR count). The largest absolute Gasteiger partial charge is 0.358 e. The molecule has 1 N–H and O–H groups in total. The fraction of sp³-hybridized carbons (Fsp3) is 0.273. The van der Waals surface area contributed by atoms with E-state index in [4.69, 9.17) is 6.57 Å². The van der Waals surface area contributed by atoms with E-state index >= 15 is 0 Å². The van der Waals surface area contributed by atoms with Crippen molar-refractivity contribution in [1.82, 2.24) is 9.97 Å². The molecule has 3 aromatic rings. The second kappa shape index (κ2) is 5.98. The second-order valence-electron chi connectivity index (χ2n) is 8.13. The van der Waals surface area contributed by atoms with Crippen LogP contribution in [0.15, 0.2) is 47.9 Å². The minimum Gasteiger partial charge on any atom is -0.358 e. The Kier molecular flexibility index (Phi) is 3.65. The summed E-state index contributed by atoms with van der Waals surface area (Å²) >= 11 is 1.45. The van der Waals surface area contributed by atoms with Crippen LogP contribution in [-0.2, 0) is 4.79 Å². The molecule has 138 valence electrons. The fourth-order valence-corrected chi connectivity index (χ4v) is 5.30. The van der Waals surface area contributed by atoms with Gasteiger partial charge in [-0.25, -0.2) is 4.85 Å². The number of ketones is 1. The molecule has 6 heteroatoms. The smallest absolute Gasteiger partial charge is 0.241 e. The van der Waals surface area contributed by atoms with Gasteiger partial charge >= 0.3 is 0 Å². The number of hydrogen-bond acceptors (Lipinski definition) is 5. The number of nitrogens with zero attached hydrogens (tertiary/aromatic N) is 3. The van der Waals surface area contributed by atoms with Gasteiger partial charge in [-0.1, -0.05) is 19.9 Å². The number of anilines is 1. The lowest BCUT2D eigenvalue weighted by molar-refractivity contribution is -0.118. The van der Waals surface area contributed by atoms with E-state index in [0.717, 1.165) is 44.9 Å². The topological polar surface area (TPSA) is 59.2 Å². The van der Waals surface area contributed by atoms with E-state index < -0.39 is 0 Å². The zero-order valence-electron chi connectivity index (χ0n) is 15.6. The van der Waals surface area contributed by atoms with E-state index in [1.807, 2.05) is 24.3 Å². The van der Waals surface area contributed by atoms with Crippen LogP contribution in [-0.4, -0.2) is 15.8 Å². The Hall–Kier alpha value is -3.04. The lowest BCUT2D eigenvalue weighted by atomic mass is 9.70. The van der Waals surface area contributed by atoms with Crippen molar-refractivity contribution < 1.29 is 4.79 Å². The van der Waals surface area contributed by atoms with Crippen LogP contribution in [0.3, 0.4) is 0 Å². The van der Waals surface area contributed by atoms with Gasteiger partial charge in [0.15, 0.2) is 5.78 Å². The SMILES string of the molecule is [C-]#[N+]c1ccc(C2C3=C(CC(C)(C)CC3=O)Nc3ccc4nccnc4c32)s1. The molecule has 2 aliphatic rings. The molecular formula is C22H18N4OS. The summed E-state index contributed by atoms with van der Waals surface area (Å²) < 4.78 is 0. The van der Waals surface area contributed by atoms with Gasteiger partial charge in [0.1, 0.15) is 0 Å². The van der Waals surface area contributed by atoms with Crippen LogP contribution in [0, 0.1) is 12.0 Å². The van der Waals surface area contributed by atoms with Gasteiger partial charge in [0.2, 0.25) is 5.00 Å². The number of carbonyl (C=O) groups is 1. The summed E-state index contributed by atoms with van der Waals surface area (Å²) in [7, 11) is 0. The maximum atomic E-state index is 13.3. The lowest BCUT2D eigenvalue weighted by Crippen LogP contribution is -2.33. The lowest BCUT2D eigenvalue weighted by Gasteiger charge is -2.39. The van der Waals surface area contributed by atoms with E-state index in [9.17, 15) is 4.79 Å². The van der Waals surface area contributed by atoms with E-state index in [0.29, 0.717) is 11.4 Å². The minimum absolute atomic E-state index is 0.0707. The van der Waals surface area contributed by atoms with Gasteiger partial charge in [0, 0.05) is 46.2 Å². The molecule has 2 aromatic heterocycles. The Morgan fingerprint density at radius 3 is 2.79 bits per heavy atom. The molecule has 28 heavy (non-hydrogen) atoms. The number of nitrogens with one attached hydrogen (secondary N) is 1. The number of rotatable bonds is 1. The fourth-order valence-electron chi connectivity index (χ4n) is 4.39. The highest BCUT2D eigenvalue weighted by Crippen LogP contribution is 2.52. The third-order valence-corrected chi connectivity index (χ3v) is 6.51. The quantitative estimate of drug-likeness (QED) is 0.566. The van der Waals surface area contributed by atoms with Gasteiger partial charge in [-0.15, -0.1) is 0 Å². The van der Waals surface area contributed by atoms with E-state index in [-0.39, 0.29) is 17.1 Å². The van der Waals surface area contributed by atoms with Crippen molar-refractivity contribution in [3.8, 4) is 0 Å². The van der Waals surface area contributed by atoms with Crippen LogP contribution >= 0.6 is 11.3 Å². The molecule has 1 aliphatic heterocycles. The standard InChI is InChI=1S/C22H18N4OS/c1-22(2)10-14-18(15(27)11-22)20(16-6-7-17(23-3)28-16)19-12(26-14)4-5-13-21(19)25-9-8-24-13/h4-9,20,26H,10-11H2,1-2H3. The van der Waals surface area contributed by atoms with Crippen molar-refractivity contribution in [1.29, 1.82) is 0 Å². The average molecular weight is 386 g/mol. The van der Waals surface area contributed by atoms with Crippen molar-refractivity contribution in [3.63, 3.8) is 0 Å². The van der Waals surface area contributed by atoms with Crippen LogP contribution in [0.5, 0.6) is 0 Å². The van der Waals surface area contributed by atoms with E-state index in [1.54, 1.807) is 12.4 Å². The number of hydrogen-bond donors (Lipinski definition) is 1. The summed E-state index contributed by atoms with van der Waals surface area (Å²) in [5.41, 5.74) is 5.32. The molecule has 0 radical (unpaired) electrons. The van der Waals surface area contributed by atoms with Crippen LogP contribution in [0.25, 0.3) is 15.9 Å². The van der Waals surface area contributed by atoms with Crippen LogP contribution in [0.4, 0.5) is 10.7 Å². The molecule has 0 spiro atoms. The van der Waals surface area contributed by atoms with Crippen LogP contribution < -0.4 is 5.32 Å². The van der Waals surface area contributed by atoms with E-state index in [2.05, 4.69) is 34.0 Å². The average Bonchev–Trinajstić information content (AvgIpc) is 3.14. The highest BCUT2D eigenvalue weighted by atomic mass is 32.1. The maximum absolute atomic E-state index is 13.3. The van der Waals surface area contributed by atoms with Gasteiger partial charge in [-0.05, 0) is 30.0 Å². The predicted molar refractivity (Wildman–Crippen MR) is 111 cm³/mol. The number of allylic oxidation sites excluding steroid dienone is 2. The number of carbonyl (C=O) groups excluding carboxylic acids is 1. The van der Waals surface area contributed by atoms with Crippen LogP contribution in [0.2, 0.25) is 0 Å². The molecule has 3 heterocycles. The number of fused-ring (bicyclic) bond motifs is 3. The molecule has 0 amide bonds. The molecular weight excluding hydrogens is 368 g/mol. The Balaban J connectivity index is 1.81. The van der Waals surface area contributed by atoms with Crippen molar-refractivity contribution in [2.24, 2.45) is 5.41 Å².